The largest absolute Gasteiger partial charge is 0.465 e. The van der Waals surface area contributed by atoms with Gasteiger partial charge in [-0.25, -0.2) is 4.79 Å². The third-order valence-corrected chi connectivity index (χ3v) is 5.06. The average molecular weight is 359 g/mol. The van der Waals surface area contributed by atoms with Crippen molar-refractivity contribution in [3.05, 3.63) is 28.8 Å². The van der Waals surface area contributed by atoms with Crippen LogP contribution in [0.3, 0.4) is 0 Å². The summed E-state index contributed by atoms with van der Waals surface area (Å²) >= 11 is 6.06. The number of piperidine rings is 1. The Morgan fingerprint density at radius 2 is 2.04 bits per heavy atom. The molecule has 1 saturated carbocycles. The summed E-state index contributed by atoms with van der Waals surface area (Å²) in [6, 6.07) is 4.83. The zero-order valence-corrected chi connectivity index (χ0v) is 14.4. The number of carbonyl (C=O) groups is 2. The number of hydrogen-bond donors (Lipinski definition) is 2. The Bertz CT molecular complexity index is 615. The van der Waals surface area contributed by atoms with Crippen LogP contribution in [0.15, 0.2) is 18.2 Å². The highest BCUT2D eigenvalue weighted by Gasteiger charge is 2.57. The first-order valence-electron chi connectivity index (χ1n) is 7.45. The van der Waals surface area contributed by atoms with Crippen molar-refractivity contribution in [2.45, 2.75) is 19.3 Å². The molecule has 1 amide bonds. The Labute approximate surface area is 146 Å². The van der Waals surface area contributed by atoms with Gasteiger partial charge in [0, 0.05) is 11.6 Å². The maximum absolute atomic E-state index is 12.4. The van der Waals surface area contributed by atoms with Crippen molar-refractivity contribution < 1.29 is 14.3 Å². The van der Waals surface area contributed by atoms with Crippen LogP contribution in [0.1, 0.15) is 29.6 Å². The van der Waals surface area contributed by atoms with Crippen molar-refractivity contribution in [1.82, 2.24) is 5.32 Å². The Morgan fingerprint density at radius 1 is 1.35 bits per heavy atom. The first-order valence-corrected chi connectivity index (χ1v) is 7.83. The number of methoxy groups -OCH3 is 1. The molecule has 2 aliphatic rings. The number of ether oxygens (including phenoxy) is 1. The predicted octanol–water partition coefficient (Wildman–Crippen LogP) is 2.88. The standard InChI is InChI=1S/C16H19ClN2O3.ClH/c1-22-15(21)11-3-2-10(8-13(11)17)19-14(20)12-9-16(12)4-6-18-7-5-16;/h2-3,8,12,18H,4-7,9H2,1H3,(H,19,20);1H. The lowest BCUT2D eigenvalue weighted by molar-refractivity contribution is -0.118. The number of hydrogen-bond acceptors (Lipinski definition) is 4. The van der Waals surface area contributed by atoms with E-state index in [1.165, 1.54) is 7.11 Å². The minimum absolute atomic E-state index is 0. The second kappa shape index (κ2) is 7.07. The molecule has 5 nitrogen and oxygen atoms in total. The predicted molar refractivity (Wildman–Crippen MR) is 91.3 cm³/mol. The maximum atomic E-state index is 12.4. The summed E-state index contributed by atoms with van der Waals surface area (Å²) in [5.41, 5.74) is 1.10. The van der Waals surface area contributed by atoms with Gasteiger partial charge in [0.15, 0.2) is 0 Å². The average Bonchev–Trinajstić information content (AvgIpc) is 3.21. The number of anilines is 1. The van der Waals surface area contributed by atoms with Crippen LogP contribution in [-0.2, 0) is 9.53 Å². The molecule has 1 aliphatic heterocycles. The highest BCUT2D eigenvalue weighted by atomic mass is 35.5. The van der Waals surface area contributed by atoms with Crippen LogP contribution < -0.4 is 10.6 Å². The van der Waals surface area contributed by atoms with E-state index < -0.39 is 5.97 Å². The van der Waals surface area contributed by atoms with Gasteiger partial charge in [0.1, 0.15) is 0 Å². The van der Waals surface area contributed by atoms with E-state index in [9.17, 15) is 9.59 Å². The lowest BCUT2D eigenvalue weighted by Crippen LogP contribution is -2.31. The molecular weight excluding hydrogens is 339 g/mol. The summed E-state index contributed by atoms with van der Waals surface area (Å²) in [6.45, 7) is 1.98. The molecule has 3 rings (SSSR count). The van der Waals surface area contributed by atoms with E-state index in [2.05, 4.69) is 15.4 Å². The van der Waals surface area contributed by atoms with E-state index in [0.717, 1.165) is 32.4 Å². The molecule has 1 spiro atoms. The minimum Gasteiger partial charge on any atom is -0.465 e. The van der Waals surface area contributed by atoms with Crippen molar-refractivity contribution in [3.63, 3.8) is 0 Å². The highest BCUT2D eigenvalue weighted by Crippen LogP contribution is 2.58. The third kappa shape index (κ3) is 3.62. The summed E-state index contributed by atoms with van der Waals surface area (Å²) in [7, 11) is 1.31. The molecular formula is C16H20Cl2N2O3. The lowest BCUT2D eigenvalue weighted by atomic mass is 9.92. The van der Waals surface area contributed by atoms with E-state index in [0.29, 0.717) is 11.3 Å². The summed E-state index contributed by atoms with van der Waals surface area (Å²) < 4.78 is 4.64. The molecule has 23 heavy (non-hydrogen) atoms. The second-order valence-electron chi connectivity index (χ2n) is 6.04. The van der Waals surface area contributed by atoms with Gasteiger partial charge in [0.25, 0.3) is 0 Å². The van der Waals surface area contributed by atoms with E-state index in [-0.39, 0.29) is 34.7 Å². The molecule has 1 atom stereocenters. The van der Waals surface area contributed by atoms with Gasteiger partial charge in [-0.15, -0.1) is 12.4 Å². The van der Waals surface area contributed by atoms with Crippen LogP contribution in [-0.4, -0.2) is 32.1 Å². The molecule has 0 aromatic heterocycles. The van der Waals surface area contributed by atoms with Gasteiger partial charge in [-0.2, -0.15) is 0 Å². The van der Waals surface area contributed by atoms with Gasteiger partial charge in [-0.3, -0.25) is 4.79 Å². The summed E-state index contributed by atoms with van der Waals surface area (Å²) in [5, 5.41) is 6.51. The van der Waals surface area contributed by atoms with Crippen molar-refractivity contribution in [2.75, 3.05) is 25.5 Å². The number of benzene rings is 1. The Morgan fingerprint density at radius 3 is 2.65 bits per heavy atom. The topological polar surface area (TPSA) is 67.4 Å². The van der Waals surface area contributed by atoms with Gasteiger partial charge in [0.05, 0.1) is 17.7 Å². The van der Waals surface area contributed by atoms with Crippen LogP contribution in [0.4, 0.5) is 5.69 Å². The normalized spacial score (nSPS) is 21.2. The summed E-state index contributed by atoms with van der Waals surface area (Å²) in [5.74, 6) is -0.351. The van der Waals surface area contributed by atoms with E-state index in [4.69, 9.17) is 11.6 Å². The smallest absolute Gasteiger partial charge is 0.339 e. The maximum Gasteiger partial charge on any atom is 0.339 e. The van der Waals surface area contributed by atoms with Gasteiger partial charge < -0.3 is 15.4 Å². The third-order valence-electron chi connectivity index (χ3n) is 4.75. The molecule has 1 aromatic rings. The van der Waals surface area contributed by atoms with Crippen molar-refractivity contribution in [2.24, 2.45) is 11.3 Å². The minimum atomic E-state index is -0.487. The Balaban J connectivity index is 0.00000192. The molecule has 1 heterocycles. The van der Waals surface area contributed by atoms with Crippen LogP contribution in [0, 0.1) is 11.3 Å². The molecule has 7 heteroatoms. The summed E-state index contributed by atoms with van der Waals surface area (Å²) in [4.78, 5) is 23.9. The van der Waals surface area contributed by atoms with Crippen LogP contribution in [0.5, 0.6) is 0 Å². The molecule has 2 fully saturated rings. The quantitative estimate of drug-likeness (QED) is 0.815. The molecule has 1 aliphatic carbocycles. The number of rotatable bonds is 3. The highest BCUT2D eigenvalue weighted by molar-refractivity contribution is 6.34. The zero-order chi connectivity index (χ0) is 15.7. The first kappa shape index (κ1) is 18.0. The van der Waals surface area contributed by atoms with Gasteiger partial charge in [0.2, 0.25) is 5.91 Å². The molecule has 0 bridgehead atoms. The van der Waals surface area contributed by atoms with E-state index in [1.807, 2.05) is 0 Å². The fourth-order valence-electron chi connectivity index (χ4n) is 3.29. The number of amides is 1. The van der Waals surface area contributed by atoms with Crippen molar-refractivity contribution in [3.8, 4) is 0 Å². The van der Waals surface area contributed by atoms with Gasteiger partial charge >= 0.3 is 5.97 Å². The van der Waals surface area contributed by atoms with E-state index in [1.54, 1.807) is 18.2 Å². The second-order valence-corrected chi connectivity index (χ2v) is 6.45. The first-order chi connectivity index (χ1) is 10.6. The fraction of sp³-hybridized carbons (Fsp3) is 0.500. The monoisotopic (exact) mass is 358 g/mol. The van der Waals surface area contributed by atoms with Gasteiger partial charge in [-0.05, 0) is 56.0 Å². The van der Waals surface area contributed by atoms with Crippen molar-refractivity contribution in [1.29, 1.82) is 0 Å². The van der Waals surface area contributed by atoms with E-state index >= 15 is 0 Å². The number of esters is 1. The molecule has 0 radical (unpaired) electrons. The molecule has 1 unspecified atom stereocenters. The molecule has 126 valence electrons. The number of nitrogens with one attached hydrogen (secondary N) is 2. The molecule has 1 saturated heterocycles. The molecule has 2 N–H and O–H groups in total. The van der Waals surface area contributed by atoms with Crippen LogP contribution in [0.2, 0.25) is 5.02 Å². The van der Waals surface area contributed by atoms with Gasteiger partial charge in [-0.1, -0.05) is 11.6 Å². The SMILES string of the molecule is COC(=O)c1ccc(NC(=O)C2CC23CCNCC3)cc1Cl.Cl. The zero-order valence-electron chi connectivity index (χ0n) is 12.9. The van der Waals surface area contributed by atoms with Crippen molar-refractivity contribution >= 4 is 41.6 Å². The number of carbonyl (C=O) groups excluding carboxylic acids is 2. The fourth-order valence-corrected chi connectivity index (χ4v) is 3.55. The van der Waals surface area contributed by atoms with Crippen LogP contribution >= 0.6 is 24.0 Å². The molecule has 1 aromatic carbocycles. The lowest BCUT2D eigenvalue weighted by Gasteiger charge is -2.23. The Hall–Kier alpha value is -1.30. The van der Waals surface area contributed by atoms with Crippen LogP contribution in [0.25, 0.3) is 0 Å². The Kier molecular flexibility index (Phi) is 5.55. The number of halogens is 2. The summed E-state index contributed by atoms with van der Waals surface area (Å²) in [6.07, 6.45) is 3.09.